The van der Waals surface area contributed by atoms with Crippen molar-refractivity contribution in [3.63, 3.8) is 0 Å². The Morgan fingerprint density at radius 1 is 1.25 bits per heavy atom. The number of primary amides is 1. The van der Waals surface area contributed by atoms with E-state index in [1.54, 1.807) is 25.3 Å². The molecule has 0 fully saturated rings. The molecule has 1 amide bonds. The Morgan fingerprint density at radius 2 is 2.09 bits per heavy atom. The standard InChI is InChI=1S/C24H22FN5O2/c1-13-12-32-22(18-5-3-15(24(26)31)7-19(13)18)9-17-8-21-16(10-27-17)4-6-23(28-21)30-11-20(25)14(2)29-30/h3-8,10-11,13,22H,9,12H2,1-2H3,(H2,26,31). The van der Waals surface area contributed by atoms with E-state index in [9.17, 15) is 9.18 Å². The maximum absolute atomic E-state index is 13.7. The Kier molecular flexibility index (Phi) is 4.94. The second kappa shape index (κ2) is 7.80. The summed E-state index contributed by atoms with van der Waals surface area (Å²) < 4.78 is 21.3. The van der Waals surface area contributed by atoms with Crippen LogP contribution in [0.1, 0.15) is 51.8 Å². The fourth-order valence-corrected chi connectivity index (χ4v) is 4.09. The Labute approximate surface area is 184 Å². The molecule has 4 heterocycles. The summed E-state index contributed by atoms with van der Waals surface area (Å²) in [5, 5.41) is 5.05. The van der Waals surface area contributed by atoms with Gasteiger partial charge in [0, 0.05) is 35.2 Å². The lowest BCUT2D eigenvalue weighted by atomic mass is 9.87. The molecule has 2 unspecified atom stereocenters. The third kappa shape index (κ3) is 3.62. The first-order chi connectivity index (χ1) is 15.4. The Morgan fingerprint density at radius 3 is 2.84 bits per heavy atom. The van der Waals surface area contributed by atoms with Crippen LogP contribution in [0, 0.1) is 12.7 Å². The van der Waals surface area contributed by atoms with Crippen LogP contribution in [0.25, 0.3) is 16.7 Å². The smallest absolute Gasteiger partial charge is 0.248 e. The fraction of sp³-hybridized carbons (Fsp3) is 0.250. The lowest BCUT2D eigenvalue weighted by Crippen LogP contribution is -2.22. The number of hydrogen-bond acceptors (Lipinski definition) is 5. The highest BCUT2D eigenvalue weighted by Crippen LogP contribution is 2.36. The van der Waals surface area contributed by atoms with E-state index in [0.29, 0.717) is 30.1 Å². The van der Waals surface area contributed by atoms with Gasteiger partial charge in [0.15, 0.2) is 11.6 Å². The van der Waals surface area contributed by atoms with Gasteiger partial charge >= 0.3 is 0 Å². The van der Waals surface area contributed by atoms with Crippen molar-refractivity contribution in [2.75, 3.05) is 6.61 Å². The van der Waals surface area contributed by atoms with Crippen LogP contribution >= 0.6 is 0 Å². The number of aromatic nitrogens is 4. The fourth-order valence-electron chi connectivity index (χ4n) is 4.09. The van der Waals surface area contributed by atoms with Crippen molar-refractivity contribution < 1.29 is 13.9 Å². The lowest BCUT2D eigenvalue weighted by Gasteiger charge is -2.30. The largest absolute Gasteiger partial charge is 0.372 e. The van der Waals surface area contributed by atoms with Gasteiger partial charge in [-0.25, -0.2) is 14.1 Å². The van der Waals surface area contributed by atoms with E-state index in [-0.39, 0.29) is 17.8 Å². The summed E-state index contributed by atoms with van der Waals surface area (Å²) in [7, 11) is 0. The van der Waals surface area contributed by atoms with Crippen LogP contribution in [0.3, 0.4) is 0 Å². The summed E-state index contributed by atoms with van der Waals surface area (Å²) in [6, 6.07) is 11.1. The summed E-state index contributed by atoms with van der Waals surface area (Å²) in [6.07, 6.45) is 3.48. The van der Waals surface area contributed by atoms with Crippen LogP contribution in [0.15, 0.2) is 48.8 Å². The highest BCUT2D eigenvalue weighted by molar-refractivity contribution is 5.93. The Bertz CT molecular complexity index is 1330. The number of carbonyl (C=O) groups excluding carboxylic acids is 1. The number of nitrogens with two attached hydrogens (primary N) is 1. The molecule has 8 heteroatoms. The summed E-state index contributed by atoms with van der Waals surface area (Å²) in [5.41, 5.74) is 9.97. The molecule has 3 aromatic heterocycles. The number of hydrogen-bond donors (Lipinski definition) is 1. The van der Waals surface area contributed by atoms with Crippen molar-refractivity contribution >= 4 is 16.8 Å². The average Bonchev–Trinajstić information content (AvgIpc) is 3.13. The van der Waals surface area contributed by atoms with Gasteiger partial charge in [-0.2, -0.15) is 5.10 Å². The van der Waals surface area contributed by atoms with Crippen molar-refractivity contribution in [1.29, 1.82) is 0 Å². The second-order valence-electron chi connectivity index (χ2n) is 8.18. The number of benzene rings is 1. The van der Waals surface area contributed by atoms with E-state index < -0.39 is 5.91 Å². The molecular weight excluding hydrogens is 409 g/mol. The SMILES string of the molecule is Cc1nn(-c2ccc3cnc(CC4OCC(C)c5cc(C(N)=O)ccc54)cc3n2)cc1F. The number of nitrogens with zero attached hydrogens (tertiary/aromatic N) is 4. The number of fused-ring (bicyclic) bond motifs is 2. The minimum atomic E-state index is -0.437. The van der Waals surface area contributed by atoms with Crippen molar-refractivity contribution in [3.05, 3.63) is 82.7 Å². The van der Waals surface area contributed by atoms with Gasteiger partial charge in [-0.1, -0.05) is 13.0 Å². The van der Waals surface area contributed by atoms with Gasteiger partial charge in [0.25, 0.3) is 0 Å². The normalized spacial score (nSPS) is 18.0. The number of ether oxygens (including phenoxy) is 1. The molecular formula is C24H22FN5O2. The molecule has 0 bridgehead atoms. The van der Waals surface area contributed by atoms with Crippen molar-refractivity contribution in [3.8, 4) is 5.82 Å². The van der Waals surface area contributed by atoms with Gasteiger partial charge in [0.1, 0.15) is 0 Å². The van der Waals surface area contributed by atoms with Gasteiger partial charge in [-0.05, 0) is 48.4 Å². The molecule has 5 rings (SSSR count). The van der Waals surface area contributed by atoms with Crippen LogP contribution in [0.2, 0.25) is 0 Å². The summed E-state index contributed by atoms with van der Waals surface area (Å²) in [4.78, 5) is 20.8. The van der Waals surface area contributed by atoms with E-state index in [1.807, 2.05) is 24.3 Å². The zero-order valence-electron chi connectivity index (χ0n) is 17.7. The molecule has 162 valence electrons. The topological polar surface area (TPSA) is 95.9 Å². The quantitative estimate of drug-likeness (QED) is 0.531. The zero-order chi connectivity index (χ0) is 22.4. The van der Waals surface area contributed by atoms with Crippen LogP contribution < -0.4 is 5.73 Å². The van der Waals surface area contributed by atoms with Crippen molar-refractivity contribution in [2.24, 2.45) is 5.73 Å². The molecule has 1 aromatic carbocycles. The molecule has 2 N–H and O–H groups in total. The summed E-state index contributed by atoms with van der Waals surface area (Å²) >= 11 is 0. The first-order valence-corrected chi connectivity index (χ1v) is 10.4. The second-order valence-corrected chi connectivity index (χ2v) is 8.18. The highest BCUT2D eigenvalue weighted by Gasteiger charge is 2.27. The molecule has 32 heavy (non-hydrogen) atoms. The summed E-state index contributed by atoms with van der Waals surface area (Å²) in [5.74, 6) is -0.0986. The van der Waals surface area contributed by atoms with Crippen LogP contribution in [0.4, 0.5) is 4.39 Å². The number of carbonyl (C=O) groups is 1. The van der Waals surface area contributed by atoms with E-state index in [0.717, 1.165) is 27.7 Å². The number of aryl methyl sites for hydroxylation is 1. The lowest BCUT2D eigenvalue weighted by molar-refractivity contribution is 0.0302. The third-order valence-electron chi connectivity index (χ3n) is 5.88. The molecule has 0 aliphatic carbocycles. The van der Waals surface area contributed by atoms with Gasteiger partial charge in [0.2, 0.25) is 5.91 Å². The minimum Gasteiger partial charge on any atom is -0.372 e. The average molecular weight is 431 g/mol. The zero-order valence-corrected chi connectivity index (χ0v) is 17.7. The van der Waals surface area contributed by atoms with E-state index in [4.69, 9.17) is 10.5 Å². The predicted octanol–water partition coefficient (Wildman–Crippen LogP) is 3.78. The van der Waals surface area contributed by atoms with Crippen LogP contribution in [-0.2, 0) is 11.2 Å². The van der Waals surface area contributed by atoms with Gasteiger partial charge in [-0.15, -0.1) is 0 Å². The van der Waals surface area contributed by atoms with Gasteiger partial charge in [-0.3, -0.25) is 9.78 Å². The Hall–Kier alpha value is -3.65. The molecule has 1 aliphatic heterocycles. The molecule has 1 aliphatic rings. The molecule has 2 atom stereocenters. The molecule has 0 radical (unpaired) electrons. The minimum absolute atomic E-state index is 0.173. The number of rotatable bonds is 4. The Balaban J connectivity index is 1.47. The first-order valence-electron chi connectivity index (χ1n) is 10.4. The van der Waals surface area contributed by atoms with Crippen LogP contribution in [-0.4, -0.2) is 32.3 Å². The van der Waals surface area contributed by atoms with Crippen LogP contribution in [0.5, 0.6) is 0 Å². The number of amides is 1. The van der Waals surface area contributed by atoms with Gasteiger partial charge in [0.05, 0.1) is 30.1 Å². The molecule has 7 nitrogen and oxygen atoms in total. The number of halogens is 1. The summed E-state index contributed by atoms with van der Waals surface area (Å²) in [6.45, 7) is 4.24. The van der Waals surface area contributed by atoms with E-state index in [1.165, 1.54) is 10.9 Å². The molecule has 4 aromatic rings. The van der Waals surface area contributed by atoms with E-state index >= 15 is 0 Å². The highest BCUT2D eigenvalue weighted by atomic mass is 19.1. The first kappa shape index (κ1) is 20.3. The van der Waals surface area contributed by atoms with Crippen molar-refractivity contribution in [2.45, 2.75) is 32.3 Å². The van der Waals surface area contributed by atoms with Gasteiger partial charge < -0.3 is 10.5 Å². The van der Waals surface area contributed by atoms with Crippen molar-refractivity contribution in [1.82, 2.24) is 19.7 Å². The molecule has 0 saturated carbocycles. The van der Waals surface area contributed by atoms with E-state index in [2.05, 4.69) is 22.0 Å². The monoisotopic (exact) mass is 431 g/mol. The third-order valence-corrected chi connectivity index (χ3v) is 5.88. The number of pyridine rings is 2. The maximum Gasteiger partial charge on any atom is 0.248 e. The molecule has 0 spiro atoms. The predicted molar refractivity (Wildman–Crippen MR) is 117 cm³/mol. The molecule has 0 saturated heterocycles. The maximum atomic E-state index is 13.7.